The molecule has 118 valence electrons. The van der Waals surface area contributed by atoms with Gasteiger partial charge in [-0.05, 0) is 61.2 Å². The Kier molecular flexibility index (Phi) is 6.69. The molecule has 3 heteroatoms. The molecule has 2 rings (SSSR count). The molecule has 0 saturated heterocycles. The molecule has 0 aliphatic carbocycles. The second-order valence-electron chi connectivity index (χ2n) is 5.61. The summed E-state index contributed by atoms with van der Waals surface area (Å²) in [6.45, 7) is 0.755. The SMILES string of the molecule is C=S(C)c1cc(CCCCN)cc(Cc2ccccc2)c1Cl. The summed E-state index contributed by atoms with van der Waals surface area (Å²) < 4.78 is 0. The van der Waals surface area contributed by atoms with Gasteiger partial charge in [0.1, 0.15) is 0 Å². The van der Waals surface area contributed by atoms with E-state index in [9.17, 15) is 0 Å². The molecule has 0 fully saturated rings. The number of nitrogens with two attached hydrogens (primary N) is 1. The van der Waals surface area contributed by atoms with E-state index < -0.39 is 0 Å². The Labute approximate surface area is 141 Å². The highest BCUT2D eigenvalue weighted by Gasteiger charge is 2.10. The summed E-state index contributed by atoms with van der Waals surface area (Å²) in [5.41, 5.74) is 9.44. The zero-order valence-electron chi connectivity index (χ0n) is 13.1. The van der Waals surface area contributed by atoms with Gasteiger partial charge in [-0.2, -0.15) is 10.5 Å². The molecule has 0 bridgehead atoms. The quantitative estimate of drug-likeness (QED) is 0.566. The summed E-state index contributed by atoms with van der Waals surface area (Å²) in [6.07, 6.45) is 6.23. The maximum absolute atomic E-state index is 6.63. The van der Waals surface area contributed by atoms with Crippen molar-refractivity contribution in [3.63, 3.8) is 0 Å². The minimum absolute atomic E-state index is 0.0830. The van der Waals surface area contributed by atoms with Crippen LogP contribution in [0.5, 0.6) is 0 Å². The van der Waals surface area contributed by atoms with Gasteiger partial charge in [-0.25, -0.2) is 0 Å². The van der Waals surface area contributed by atoms with Crippen molar-refractivity contribution in [3.8, 4) is 0 Å². The molecule has 1 atom stereocenters. The molecule has 0 radical (unpaired) electrons. The molecule has 1 nitrogen and oxygen atoms in total. The Bertz CT molecular complexity index is 637. The molecular formula is C19H24ClNS. The Morgan fingerprint density at radius 2 is 1.82 bits per heavy atom. The molecule has 0 spiro atoms. The van der Waals surface area contributed by atoms with E-state index in [-0.39, 0.29) is 10.5 Å². The fourth-order valence-corrected chi connectivity index (χ4v) is 3.90. The zero-order valence-corrected chi connectivity index (χ0v) is 14.7. The highest BCUT2D eigenvalue weighted by molar-refractivity contribution is 8.13. The molecular weight excluding hydrogens is 310 g/mol. The lowest BCUT2D eigenvalue weighted by Gasteiger charge is -2.14. The van der Waals surface area contributed by atoms with E-state index in [0.29, 0.717) is 0 Å². The summed E-state index contributed by atoms with van der Waals surface area (Å²) in [5.74, 6) is 4.18. The highest BCUT2D eigenvalue weighted by Crippen LogP contribution is 2.34. The molecule has 0 aliphatic rings. The molecule has 1 unspecified atom stereocenters. The van der Waals surface area contributed by atoms with Crippen molar-refractivity contribution in [2.75, 3.05) is 12.8 Å². The number of hydrogen-bond acceptors (Lipinski definition) is 1. The van der Waals surface area contributed by atoms with Crippen molar-refractivity contribution in [2.45, 2.75) is 30.6 Å². The van der Waals surface area contributed by atoms with Gasteiger partial charge < -0.3 is 5.73 Å². The first kappa shape index (κ1) is 17.3. The third-order valence-corrected chi connectivity index (χ3v) is 5.34. The van der Waals surface area contributed by atoms with Gasteiger partial charge in [-0.15, -0.1) is 0 Å². The lowest BCUT2D eigenvalue weighted by molar-refractivity contribution is 0.743. The summed E-state index contributed by atoms with van der Waals surface area (Å²) in [6, 6.07) is 15.0. The second kappa shape index (κ2) is 8.52. The van der Waals surface area contributed by atoms with E-state index in [1.165, 1.54) is 21.6 Å². The van der Waals surface area contributed by atoms with Crippen LogP contribution in [0.1, 0.15) is 29.5 Å². The number of halogens is 1. The first-order valence-corrected chi connectivity index (χ1v) is 9.80. The van der Waals surface area contributed by atoms with Crippen LogP contribution in [-0.2, 0) is 12.8 Å². The molecule has 2 aromatic carbocycles. The number of rotatable bonds is 7. The highest BCUT2D eigenvalue weighted by atomic mass is 35.5. The molecule has 0 saturated carbocycles. The molecule has 2 N–H and O–H groups in total. The number of benzene rings is 2. The Morgan fingerprint density at radius 3 is 2.45 bits per heavy atom. The molecule has 0 aliphatic heterocycles. The van der Waals surface area contributed by atoms with Crippen LogP contribution in [0, 0.1) is 0 Å². The van der Waals surface area contributed by atoms with Gasteiger partial charge in [0.05, 0.1) is 5.02 Å². The van der Waals surface area contributed by atoms with Crippen molar-refractivity contribution >= 4 is 28.0 Å². The molecule has 0 heterocycles. The van der Waals surface area contributed by atoms with Crippen molar-refractivity contribution in [3.05, 3.63) is 64.2 Å². The third kappa shape index (κ3) is 4.70. The van der Waals surface area contributed by atoms with E-state index in [0.717, 1.165) is 37.3 Å². The Balaban J connectivity index is 2.31. The smallest absolute Gasteiger partial charge is 0.0572 e. The lowest BCUT2D eigenvalue weighted by Crippen LogP contribution is -2.00. The number of aryl methyl sites for hydroxylation is 1. The Hall–Kier alpha value is -1.09. The van der Waals surface area contributed by atoms with E-state index in [4.69, 9.17) is 17.3 Å². The molecule has 22 heavy (non-hydrogen) atoms. The van der Waals surface area contributed by atoms with E-state index in [1.807, 2.05) is 6.07 Å². The predicted molar refractivity (Wildman–Crippen MR) is 102 cm³/mol. The van der Waals surface area contributed by atoms with Crippen molar-refractivity contribution < 1.29 is 0 Å². The van der Waals surface area contributed by atoms with Crippen LogP contribution in [0.3, 0.4) is 0 Å². The Morgan fingerprint density at radius 1 is 1.09 bits per heavy atom. The van der Waals surface area contributed by atoms with Gasteiger partial charge in [0.2, 0.25) is 0 Å². The fourth-order valence-electron chi connectivity index (χ4n) is 2.53. The van der Waals surface area contributed by atoms with E-state index in [2.05, 4.69) is 48.5 Å². The molecule has 0 amide bonds. The minimum atomic E-state index is -0.0830. The monoisotopic (exact) mass is 333 g/mol. The van der Waals surface area contributed by atoms with Crippen LogP contribution in [0.2, 0.25) is 5.02 Å². The lowest BCUT2D eigenvalue weighted by atomic mass is 10.00. The van der Waals surface area contributed by atoms with Crippen LogP contribution in [0.15, 0.2) is 47.4 Å². The van der Waals surface area contributed by atoms with Crippen LogP contribution >= 0.6 is 22.1 Å². The summed E-state index contributed by atoms with van der Waals surface area (Å²) in [7, 11) is -0.0830. The molecule has 0 aromatic heterocycles. The van der Waals surface area contributed by atoms with Gasteiger partial charge in [-0.3, -0.25) is 0 Å². The topological polar surface area (TPSA) is 26.0 Å². The van der Waals surface area contributed by atoms with E-state index in [1.54, 1.807) is 0 Å². The summed E-state index contributed by atoms with van der Waals surface area (Å²) in [4.78, 5) is 1.18. The normalized spacial score (nSPS) is 12.3. The van der Waals surface area contributed by atoms with Crippen LogP contribution in [0.4, 0.5) is 0 Å². The third-order valence-electron chi connectivity index (χ3n) is 3.71. The largest absolute Gasteiger partial charge is 0.330 e. The first-order valence-electron chi connectivity index (χ1n) is 7.62. The maximum atomic E-state index is 6.63. The fraction of sp³-hybridized carbons (Fsp3) is 0.316. The maximum Gasteiger partial charge on any atom is 0.0572 e. The predicted octanol–water partition coefficient (Wildman–Crippen LogP) is 4.90. The summed E-state index contributed by atoms with van der Waals surface area (Å²) >= 11 is 6.63. The average molecular weight is 334 g/mol. The summed E-state index contributed by atoms with van der Waals surface area (Å²) in [5, 5.41) is 0.882. The minimum Gasteiger partial charge on any atom is -0.330 e. The number of hydrogen-bond donors (Lipinski definition) is 1. The average Bonchev–Trinajstić information content (AvgIpc) is 2.51. The number of unbranched alkanes of at least 4 members (excludes halogenated alkanes) is 1. The second-order valence-corrected chi connectivity index (χ2v) is 7.70. The zero-order chi connectivity index (χ0) is 15.9. The van der Waals surface area contributed by atoms with E-state index >= 15 is 0 Å². The van der Waals surface area contributed by atoms with Crippen LogP contribution in [-0.4, -0.2) is 18.7 Å². The molecule has 2 aromatic rings. The van der Waals surface area contributed by atoms with Crippen molar-refractivity contribution in [1.82, 2.24) is 0 Å². The van der Waals surface area contributed by atoms with Crippen molar-refractivity contribution in [1.29, 1.82) is 0 Å². The van der Waals surface area contributed by atoms with Gasteiger partial charge >= 0.3 is 0 Å². The van der Waals surface area contributed by atoms with Crippen LogP contribution < -0.4 is 5.73 Å². The van der Waals surface area contributed by atoms with Gasteiger partial charge in [-0.1, -0.05) is 53.9 Å². The van der Waals surface area contributed by atoms with Crippen molar-refractivity contribution in [2.24, 2.45) is 5.73 Å². The standard InChI is InChI=1S/C19H24ClNS/c1-22(2)18-14-16(10-6-7-11-21)13-17(19(18)20)12-15-8-4-3-5-9-15/h3-5,8-9,13-14H,1,6-7,10-12,21H2,2H3. The van der Waals surface area contributed by atoms with Crippen LogP contribution in [0.25, 0.3) is 0 Å². The first-order chi connectivity index (χ1) is 10.6. The van der Waals surface area contributed by atoms with Gasteiger partial charge in [0.15, 0.2) is 0 Å². The van der Waals surface area contributed by atoms with Gasteiger partial charge in [0.25, 0.3) is 0 Å². The van der Waals surface area contributed by atoms with Gasteiger partial charge in [0, 0.05) is 4.90 Å².